The number of hydrogen-bond acceptors (Lipinski definition) is 2. The third kappa shape index (κ3) is 1.82. The summed E-state index contributed by atoms with van der Waals surface area (Å²) in [5.41, 5.74) is 0.275. The Morgan fingerprint density at radius 2 is 2.27 bits per heavy atom. The Balaban J connectivity index is 2.63. The summed E-state index contributed by atoms with van der Waals surface area (Å²) in [7, 11) is 2.03. The lowest BCUT2D eigenvalue weighted by Gasteiger charge is -2.37. The minimum absolute atomic E-state index is 0.618. The van der Waals surface area contributed by atoms with Crippen molar-refractivity contribution in [2.24, 2.45) is 0 Å². The first kappa shape index (κ1) is 8.75. The number of β-amino-alcohol motifs (C(OH)–C–C–N with tert-alkyl or cyclic N) is 1. The van der Waals surface area contributed by atoms with E-state index in [1.165, 1.54) is 0 Å². The zero-order chi connectivity index (χ0) is 8.48. The van der Waals surface area contributed by atoms with E-state index in [0.717, 1.165) is 31.5 Å². The Labute approximate surface area is 68.5 Å². The summed E-state index contributed by atoms with van der Waals surface area (Å²) < 4.78 is 0. The van der Waals surface area contributed by atoms with Gasteiger partial charge in [-0.3, -0.25) is 0 Å². The maximum atomic E-state index is 9.98. The van der Waals surface area contributed by atoms with Crippen molar-refractivity contribution in [2.45, 2.75) is 25.4 Å². The summed E-state index contributed by atoms with van der Waals surface area (Å²) >= 11 is 0. The highest BCUT2D eigenvalue weighted by molar-refractivity contribution is 5.11. The topological polar surface area (TPSA) is 23.5 Å². The summed E-state index contributed by atoms with van der Waals surface area (Å²) in [5.74, 6) is 0. The molecule has 1 N–H and O–H groups in total. The molecule has 0 saturated carbocycles. The Morgan fingerprint density at radius 1 is 1.64 bits per heavy atom. The molecule has 0 spiro atoms. The van der Waals surface area contributed by atoms with E-state index in [0.29, 0.717) is 0 Å². The van der Waals surface area contributed by atoms with Crippen molar-refractivity contribution < 1.29 is 5.11 Å². The smallest absolute Gasteiger partial charge is 0.0978 e. The van der Waals surface area contributed by atoms with Gasteiger partial charge in [0, 0.05) is 6.54 Å². The molecule has 2 heteroatoms. The van der Waals surface area contributed by atoms with E-state index in [1.807, 2.05) is 14.0 Å². The van der Waals surface area contributed by atoms with Gasteiger partial charge < -0.3 is 10.0 Å². The molecule has 64 valence electrons. The van der Waals surface area contributed by atoms with Crippen LogP contribution < -0.4 is 0 Å². The van der Waals surface area contributed by atoms with Crippen LogP contribution in [0.15, 0.2) is 12.2 Å². The largest absolute Gasteiger partial charge is 0.384 e. The third-order valence-electron chi connectivity index (χ3n) is 2.46. The van der Waals surface area contributed by atoms with Crippen LogP contribution in [0.1, 0.15) is 19.8 Å². The van der Waals surface area contributed by atoms with E-state index in [4.69, 9.17) is 0 Å². The van der Waals surface area contributed by atoms with Crippen molar-refractivity contribution in [3.05, 3.63) is 12.2 Å². The van der Waals surface area contributed by atoms with Crippen LogP contribution >= 0.6 is 0 Å². The zero-order valence-corrected chi connectivity index (χ0v) is 7.43. The van der Waals surface area contributed by atoms with E-state index < -0.39 is 5.60 Å². The Bertz CT molecular complexity index is 167. The second-order valence-electron chi connectivity index (χ2n) is 3.65. The molecular weight excluding hydrogens is 138 g/mol. The second kappa shape index (κ2) is 2.95. The van der Waals surface area contributed by atoms with Crippen LogP contribution in [0.25, 0.3) is 0 Å². The predicted octanol–water partition coefficient (Wildman–Crippen LogP) is 1.02. The highest BCUT2D eigenvalue weighted by Crippen LogP contribution is 2.25. The standard InChI is InChI=1S/C9H17NO/c1-8(2)9(11)5-4-6-10(3)7-9/h11H,1,4-7H2,2-3H3. The molecule has 0 aromatic carbocycles. The minimum Gasteiger partial charge on any atom is -0.384 e. The highest BCUT2D eigenvalue weighted by Gasteiger charge is 2.32. The highest BCUT2D eigenvalue weighted by atomic mass is 16.3. The summed E-state index contributed by atoms with van der Waals surface area (Å²) in [6.45, 7) is 7.54. The van der Waals surface area contributed by atoms with Crippen molar-refractivity contribution in [2.75, 3.05) is 20.1 Å². The lowest BCUT2D eigenvalue weighted by atomic mass is 9.87. The first-order chi connectivity index (χ1) is 5.04. The van der Waals surface area contributed by atoms with Crippen LogP contribution in [0.4, 0.5) is 0 Å². The molecular formula is C9H17NO. The van der Waals surface area contributed by atoms with Crippen molar-refractivity contribution >= 4 is 0 Å². The first-order valence-corrected chi connectivity index (χ1v) is 4.11. The number of hydrogen-bond donors (Lipinski definition) is 1. The molecule has 0 bridgehead atoms. The van der Waals surface area contributed by atoms with Gasteiger partial charge in [0.25, 0.3) is 0 Å². The molecule has 0 aromatic rings. The van der Waals surface area contributed by atoms with Gasteiger partial charge in [0.1, 0.15) is 0 Å². The van der Waals surface area contributed by atoms with Crippen LogP contribution in [0.5, 0.6) is 0 Å². The lowest BCUT2D eigenvalue weighted by Crippen LogP contribution is -2.46. The lowest BCUT2D eigenvalue weighted by molar-refractivity contribution is 0.00854. The molecule has 0 amide bonds. The van der Waals surface area contributed by atoms with Crippen molar-refractivity contribution in [1.29, 1.82) is 0 Å². The van der Waals surface area contributed by atoms with Crippen LogP contribution in [0, 0.1) is 0 Å². The summed E-state index contributed by atoms with van der Waals surface area (Å²) in [6.07, 6.45) is 1.94. The van der Waals surface area contributed by atoms with Gasteiger partial charge >= 0.3 is 0 Å². The summed E-state index contributed by atoms with van der Waals surface area (Å²) in [4.78, 5) is 2.15. The van der Waals surface area contributed by atoms with Gasteiger partial charge in [0.2, 0.25) is 0 Å². The van der Waals surface area contributed by atoms with Gasteiger partial charge in [-0.25, -0.2) is 0 Å². The maximum Gasteiger partial charge on any atom is 0.0978 e. The maximum absolute atomic E-state index is 9.98. The number of likely N-dealkylation sites (N-methyl/N-ethyl adjacent to an activating group) is 1. The molecule has 0 aromatic heterocycles. The molecule has 1 atom stereocenters. The fourth-order valence-electron chi connectivity index (χ4n) is 1.59. The van der Waals surface area contributed by atoms with Gasteiger partial charge in [-0.2, -0.15) is 0 Å². The fourth-order valence-corrected chi connectivity index (χ4v) is 1.59. The van der Waals surface area contributed by atoms with E-state index in [1.54, 1.807) is 0 Å². The quantitative estimate of drug-likeness (QED) is 0.571. The van der Waals surface area contributed by atoms with Crippen molar-refractivity contribution in [1.82, 2.24) is 4.90 Å². The van der Waals surface area contributed by atoms with Crippen LogP contribution in [-0.4, -0.2) is 35.7 Å². The summed E-state index contributed by atoms with van der Waals surface area (Å²) in [6, 6.07) is 0. The zero-order valence-electron chi connectivity index (χ0n) is 7.43. The first-order valence-electron chi connectivity index (χ1n) is 4.11. The molecule has 1 saturated heterocycles. The molecule has 1 heterocycles. The number of piperidine rings is 1. The predicted molar refractivity (Wildman–Crippen MR) is 46.5 cm³/mol. The van der Waals surface area contributed by atoms with E-state index >= 15 is 0 Å². The normalized spacial score (nSPS) is 33.7. The van der Waals surface area contributed by atoms with Crippen LogP contribution in [0.3, 0.4) is 0 Å². The minimum atomic E-state index is -0.618. The van der Waals surface area contributed by atoms with Gasteiger partial charge in [0.15, 0.2) is 0 Å². The number of aliphatic hydroxyl groups is 1. The Morgan fingerprint density at radius 3 is 2.64 bits per heavy atom. The van der Waals surface area contributed by atoms with E-state index in [9.17, 15) is 5.11 Å². The Kier molecular flexibility index (Phi) is 2.35. The molecule has 11 heavy (non-hydrogen) atoms. The average Bonchev–Trinajstić information content (AvgIpc) is 1.86. The molecule has 1 fully saturated rings. The number of nitrogens with zero attached hydrogens (tertiary/aromatic N) is 1. The molecule has 1 aliphatic rings. The molecule has 1 aliphatic heterocycles. The molecule has 0 aliphatic carbocycles. The molecule has 0 radical (unpaired) electrons. The van der Waals surface area contributed by atoms with Crippen molar-refractivity contribution in [3.63, 3.8) is 0 Å². The van der Waals surface area contributed by atoms with Gasteiger partial charge in [-0.05, 0) is 38.9 Å². The van der Waals surface area contributed by atoms with Crippen LogP contribution in [0.2, 0.25) is 0 Å². The van der Waals surface area contributed by atoms with E-state index in [2.05, 4.69) is 11.5 Å². The number of rotatable bonds is 1. The van der Waals surface area contributed by atoms with Crippen molar-refractivity contribution in [3.8, 4) is 0 Å². The molecule has 1 unspecified atom stereocenters. The summed E-state index contributed by atoms with van der Waals surface area (Å²) in [5, 5.41) is 9.98. The van der Waals surface area contributed by atoms with Gasteiger partial charge in [-0.1, -0.05) is 6.58 Å². The second-order valence-corrected chi connectivity index (χ2v) is 3.65. The van der Waals surface area contributed by atoms with Gasteiger partial charge in [-0.15, -0.1) is 0 Å². The Hall–Kier alpha value is -0.340. The molecule has 2 nitrogen and oxygen atoms in total. The van der Waals surface area contributed by atoms with E-state index in [-0.39, 0.29) is 0 Å². The SMILES string of the molecule is C=C(C)C1(O)CCCN(C)C1. The van der Waals surface area contributed by atoms with Gasteiger partial charge in [0.05, 0.1) is 5.60 Å². The third-order valence-corrected chi connectivity index (χ3v) is 2.46. The monoisotopic (exact) mass is 155 g/mol. The molecule has 1 rings (SSSR count). The number of likely N-dealkylation sites (tertiary alicyclic amines) is 1. The average molecular weight is 155 g/mol. The van der Waals surface area contributed by atoms with Crippen LogP contribution in [-0.2, 0) is 0 Å². The fraction of sp³-hybridized carbons (Fsp3) is 0.778.